The van der Waals surface area contributed by atoms with Gasteiger partial charge in [-0.15, -0.1) is 0 Å². The number of piperazine rings is 1. The van der Waals surface area contributed by atoms with Gasteiger partial charge in [0.15, 0.2) is 0 Å². The van der Waals surface area contributed by atoms with E-state index in [4.69, 9.17) is 4.52 Å². The van der Waals surface area contributed by atoms with E-state index in [1.54, 1.807) is 11.1 Å². The van der Waals surface area contributed by atoms with Crippen molar-refractivity contribution in [2.45, 2.75) is 18.8 Å². The fourth-order valence-corrected chi connectivity index (χ4v) is 3.53. The zero-order valence-electron chi connectivity index (χ0n) is 16.1. The van der Waals surface area contributed by atoms with Gasteiger partial charge in [-0.2, -0.15) is 4.98 Å². The van der Waals surface area contributed by atoms with E-state index in [9.17, 15) is 13.6 Å². The lowest BCUT2D eigenvalue weighted by Crippen LogP contribution is -2.49. The number of anilines is 1. The molecule has 0 atom stereocenters. The standard InChI is InChI=1S/C21H19F2N5O2/c22-15-4-5-16(17(23)11-15)21(29)28-9-7-27(8-10-28)18-6-3-14(12-24-18)19-25-20(30-26-19)13-1-2-13/h3-6,11-13H,1-2,7-10H2. The highest BCUT2D eigenvalue weighted by molar-refractivity contribution is 5.94. The Morgan fingerprint density at radius 2 is 1.87 bits per heavy atom. The molecule has 7 nitrogen and oxygen atoms in total. The first-order chi connectivity index (χ1) is 14.6. The second-order valence-corrected chi connectivity index (χ2v) is 7.54. The second-order valence-electron chi connectivity index (χ2n) is 7.54. The molecule has 0 bridgehead atoms. The predicted octanol–water partition coefficient (Wildman–Crippen LogP) is 3.25. The molecular weight excluding hydrogens is 392 g/mol. The number of pyridine rings is 1. The molecule has 3 heterocycles. The molecule has 3 aromatic rings. The summed E-state index contributed by atoms with van der Waals surface area (Å²) in [6.45, 7) is 1.98. The Morgan fingerprint density at radius 3 is 2.53 bits per heavy atom. The third-order valence-electron chi connectivity index (χ3n) is 5.43. The van der Waals surface area contributed by atoms with Crippen LogP contribution >= 0.6 is 0 Å². The molecule has 1 aliphatic carbocycles. The summed E-state index contributed by atoms with van der Waals surface area (Å²) in [5.41, 5.74) is 0.674. The molecule has 1 amide bonds. The summed E-state index contributed by atoms with van der Waals surface area (Å²) in [4.78, 5) is 25.1. The lowest BCUT2D eigenvalue weighted by atomic mass is 10.1. The topological polar surface area (TPSA) is 75.4 Å². The fraction of sp³-hybridized carbons (Fsp3) is 0.333. The summed E-state index contributed by atoms with van der Waals surface area (Å²) in [5.74, 6) is 0.434. The molecule has 2 aromatic heterocycles. The number of nitrogens with zero attached hydrogens (tertiary/aromatic N) is 5. The number of benzene rings is 1. The molecule has 5 rings (SSSR count). The van der Waals surface area contributed by atoms with Gasteiger partial charge in [-0.1, -0.05) is 5.16 Å². The Balaban J connectivity index is 1.22. The Morgan fingerprint density at radius 1 is 1.07 bits per heavy atom. The number of carbonyl (C=O) groups excluding carboxylic acids is 1. The molecule has 0 N–H and O–H groups in total. The summed E-state index contributed by atoms with van der Waals surface area (Å²) in [6.07, 6.45) is 3.91. The molecular formula is C21H19F2N5O2. The smallest absolute Gasteiger partial charge is 0.256 e. The summed E-state index contributed by atoms with van der Waals surface area (Å²) in [7, 11) is 0. The monoisotopic (exact) mass is 411 g/mol. The van der Waals surface area contributed by atoms with Gasteiger partial charge in [-0.05, 0) is 37.1 Å². The van der Waals surface area contributed by atoms with Crippen molar-refractivity contribution in [2.75, 3.05) is 31.1 Å². The SMILES string of the molecule is O=C(c1ccc(F)cc1F)N1CCN(c2ccc(-c3noc(C4CC4)n3)cn2)CC1. The number of hydrogen-bond donors (Lipinski definition) is 0. The summed E-state index contributed by atoms with van der Waals surface area (Å²) >= 11 is 0. The van der Waals surface area contributed by atoms with Crippen LogP contribution in [-0.2, 0) is 0 Å². The predicted molar refractivity (Wildman–Crippen MR) is 104 cm³/mol. The number of hydrogen-bond acceptors (Lipinski definition) is 6. The fourth-order valence-electron chi connectivity index (χ4n) is 3.53. The lowest BCUT2D eigenvalue weighted by Gasteiger charge is -2.35. The zero-order chi connectivity index (χ0) is 20.7. The first kappa shape index (κ1) is 18.7. The molecule has 2 fully saturated rings. The molecule has 9 heteroatoms. The van der Waals surface area contributed by atoms with E-state index in [1.807, 2.05) is 12.1 Å². The van der Waals surface area contributed by atoms with Gasteiger partial charge in [-0.3, -0.25) is 4.79 Å². The van der Waals surface area contributed by atoms with Gasteiger partial charge in [0, 0.05) is 49.9 Å². The van der Waals surface area contributed by atoms with Crippen LogP contribution in [0.1, 0.15) is 35.0 Å². The molecule has 0 radical (unpaired) electrons. The largest absolute Gasteiger partial charge is 0.353 e. The number of amides is 1. The van der Waals surface area contributed by atoms with Gasteiger partial charge >= 0.3 is 0 Å². The van der Waals surface area contributed by atoms with E-state index in [0.29, 0.717) is 43.8 Å². The minimum atomic E-state index is -0.842. The number of carbonyl (C=O) groups is 1. The first-order valence-electron chi connectivity index (χ1n) is 9.88. The van der Waals surface area contributed by atoms with Crippen molar-refractivity contribution in [3.05, 3.63) is 59.6 Å². The van der Waals surface area contributed by atoms with Gasteiger partial charge in [0.1, 0.15) is 17.5 Å². The van der Waals surface area contributed by atoms with E-state index in [0.717, 1.165) is 36.4 Å². The average molecular weight is 411 g/mol. The quantitative estimate of drug-likeness (QED) is 0.656. The maximum Gasteiger partial charge on any atom is 0.256 e. The molecule has 1 saturated heterocycles. The van der Waals surface area contributed by atoms with Gasteiger partial charge < -0.3 is 14.3 Å². The molecule has 2 aliphatic rings. The second kappa shape index (κ2) is 7.47. The molecule has 1 aliphatic heterocycles. The maximum atomic E-state index is 13.9. The van der Waals surface area contributed by atoms with Crippen molar-refractivity contribution in [2.24, 2.45) is 0 Å². The molecule has 0 unspecified atom stereocenters. The van der Waals surface area contributed by atoms with E-state index < -0.39 is 17.5 Å². The Labute approximate surface area is 171 Å². The number of aromatic nitrogens is 3. The normalized spacial score (nSPS) is 16.7. The lowest BCUT2D eigenvalue weighted by molar-refractivity contribution is 0.0741. The van der Waals surface area contributed by atoms with E-state index >= 15 is 0 Å². The van der Waals surface area contributed by atoms with E-state index in [1.165, 1.54) is 6.07 Å². The van der Waals surface area contributed by atoms with Gasteiger partial charge in [0.25, 0.3) is 5.91 Å². The van der Waals surface area contributed by atoms with Gasteiger partial charge in [-0.25, -0.2) is 13.8 Å². The molecule has 0 spiro atoms. The maximum absolute atomic E-state index is 13.9. The third-order valence-corrected chi connectivity index (χ3v) is 5.43. The van der Waals surface area contributed by atoms with Crippen LogP contribution in [-0.4, -0.2) is 52.1 Å². The van der Waals surface area contributed by atoms with Crippen LogP contribution in [0.5, 0.6) is 0 Å². The highest BCUT2D eigenvalue weighted by Crippen LogP contribution is 2.39. The highest BCUT2D eigenvalue weighted by Gasteiger charge is 2.30. The minimum Gasteiger partial charge on any atom is -0.353 e. The van der Waals surface area contributed by atoms with Crippen LogP contribution in [0.4, 0.5) is 14.6 Å². The Hall–Kier alpha value is -3.36. The number of halogens is 2. The van der Waals surface area contributed by atoms with Crippen LogP contribution < -0.4 is 4.90 Å². The van der Waals surface area contributed by atoms with Crippen LogP contribution in [0.15, 0.2) is 41.1 Å². The van der Waals surface area contributed by atoms with E-state index in [-0.39, 0.29) is 5.56 Å². The van der Waals surface area contributed by atoms with Crippen molar-refractivity contribution >= 4 is 11.7 Å². The van der Waals surface area contributed by atoms with Crippen molar-refractivity contribution < 1.29 is 18.1 Å². The Bertz CT molecular complexity index is 1070. The van der Waals surface area contributed by atoms with Crippen LogP contribution in [0, 0.1) is 11.6 Å². The van der Waals surface area contributed by atoms with Crippen LogP contribution in [0.3, 0.4) is 0 Å². The third kappa shape index (κ3) is 3.62. The summed E-state index contributed by atoms with van der Waals surface area (Å²) < 4.78 is 32.3. The Kier molecular flexibility index (Phi) is 4.65. The van der Waals surface area contributed by atoms with Crippen molar-refractivity contribution in [1.82, 2.24) is 20.0 Å². The van der Waals surface area contributed by atoms with E-state index in [2.05, 4.69) is 20.0 Å². The van der Waals surface area contributed by atoms with Crippen molar-refractivity contribution in [1.29, 1.82) is 0 Å². The molecule has 154 valence electrons. The van der Waals surface area contributed by atoms with Crippen molar-refractivity contribution in [3.63, 3.8) is 0 Å². The number of rotatable bonds is 4. The molecule has 30 heavy (non-hydrogen) atoms. The summed E-state index contributed by atoms with van der Waals surface area (Å²) in [6, 6.07) is 6.79. The highest BCUT2D eigenvalue weighted by atomic mass is 19.1. The minimum absolute atomic E-state index is 0.113. The van der Waals surface area contributed by atoms with Crippen LogP contribution in [0.25, 0.3) is 11.4 Å². The van der Waals surface area contributed by atoms with Crippen LogP contribution in [0.2, 0.25) is 0 Å². The first-order valence-corrected chi connectivity index (χ1v) is 9.88. The van der Waals surface area contributed by atoms with Gasteiger partial charge in [0.05, 0.1) is 5.56 Å². The van der Waals surface area contributed by atoms with Crippen molar-refractivity contribution in [3.8, 4) is 11.4 Å². The summed E-state index contributed by atoms with van der Waals surface area (Å²) in [5, 5.41) is 4.02. The van der Waals surface area contributed by atoms with Gasteiger partial charge in [0.2, 0.25) is 11.7 Å². The zero-order valence-corrected chi connectivity index (χ0v) is 16.1. The molecule has 1 saturated carbocycles. The molecule has 1 aromatic carbocycles. The average Bonchev–Trinajstić information content (AvgIpc) is 3.50.